The number of hydrogen-bond acceptors (Lipinski definition) is 3. The van der Waals surface area contributed by atoms with Crippen LogP contribution in [0.5, 0.6) is 0 Å². The summed E-state index contributed by atoms with van der Waals surface area (Å²) in [5, 5.41) is 10.0. The van der Waals surface area contributed by atoms with Gasteiger partial charge in [-0.3, -0.25) is 0 Å². The molecule has 1 aliphatic rings. The lowest BCUT2D eigenvalue weighted by atomic mass is 10.3. The number of amides is 2. The van der Waals surface area contributed by atoms with E-state index in [0.29, 0.717) is 0 Å². The summed E-state index contributed by atoms with van der Waals surface area (Å²) in [7, 11) is -3.49. The van der Waals surface area contributed by atoms with Gasteiger partial charge < -0.3 is 10.6 Å². The van der Waals surface area contributed by atoms with Crippen molar-refractivity contribution in [2.24, 2.45) is 5.14 Å². The molecular weight excluding hydrogens is 218 g/mol. The second-order valence-corrected chi connectivity index (χ2v) is 5.48. The Kier molecular flexibility index (Phi) is 4.34. The van der Waals surface area contributed by atoms with Crippen LogP contribution in [0, 0.1) is 0 Å². The van der Waals surface area contributed by atoms with Gasteiger partial charge in [0.2, 0.25) is 10.0 Å². The first-order valence-electron chi connectivity index (χ1n) is 5.02. The lowest BCUT2D eigenvalue weighted by Gasteiger charge is -2.12. The van der Waals surface area contributed by atoms with Gasteiger partial charge in [-0.1, -0.05) is 12.8 Å². The van der Waals surface area contributed by atoms with Crippen LogP contribution in [0.1, 0.15) is 25.7 Å². The average molecular weight is 235 g/mol. The van der Waals surface area contributed by atoms with Crippen molar-refractivity contribution >= 4 is 16.1 Å². The molecule has 0 bridgehead atoms. The van der Waals surface area contributed by atoms with Crippen LogP contribution in [0.25, 0.3) is 0 Å². The summed E-state index contributed by atoms with van der Waals surface area (Å²) < 4.78 is 21.1. The average Bonchev–Trinajstić information content (AvgIpc) is 2.54. The first kappa shape index (κ1) is 12.3. The lowest BCUT2D eigenvalue weighted by Crippen LogP contribution is -2.42. The summed E-state index contributed by atoms with van der Waals surface area (Å²) in [5.74, 6) is -0.231. The normalized spacial score (nSPS) is 17.7. The Morgan fingerprint density at radius 2 is 1.93 bits per heavy atom. The quantitative estimate of drug-likeness (QED) is 0.613. The fourth-order valence-electron chi connectivity index (χ4n) is 1.61. The molecule has 15 heavy (non-hydrogen) atoms. The second-order valence-electron chi connectivity index (χ2n) is 3.75. The van der Waals surface area contributed by atoms with E-state index in [1.165, 1.54) is 0 Å². The standard InChI is InChI=1S/C8H17N3O3S/c9-15(13,14)6-5-10-8(12)11-7-3-1-2-4-7/h7H,1-6H2,(H2,9,13,14)(H2,10,11,12). The van der Waals surface area contributed by atoms with E-state index in [0.717, 1.165) is 25.7 Å². The van der Waals surface area contributed by atoms with Crippen molar-refractivity contribution in [1.29, 1.82) is 0 Å². The van der Waals surface area contributed by atoms with Crippen LogP contribution in [0.15, 0.2) is 0 Å². The third kappa shape index (κ3) is 5.58. The van der Waals surface area contributed by atoms with E-state index in [9.17, 15) is 13.2 Å². The molecule has 88 valence electrons. The Bertz CT molecular complexity index is 309. The van der Waals surface area contributed by atoms with E-state index in [4.69, 9.17) is 5.14 Å². The summed E-state index contributed by atoms with van der Waals surface area (Å²) in [6.07, 6.45) is 4.29. The number of carbonyl (C=O) groups excluding carboxylic acids is 1. The molecule has 0 spiro atoms. The molecule has 7 heteroatoms. The minimum Gasteiger partial charge on any atom is -0.337 e. The van der Waals surface area contributed by atoms with E-state index in [-0.39, 0.29) is 24.4 Å². The number of urea groups is 1. The molecule has 2 amide bonds. The zero-order valence-electron chi connectivity index (χ0n) is 8.53. The third-order valence-corrected chi connectivity index (χ3v) is 3.14. The molecule has 0 heterocycles. The number of nitrogens with one attached hydrogen (secondary N) is 2. The highest BCUT2D eigenvalue weighted by molar-refractivity contribution is 7.89. The molecule has 0 saturated heterocycles. The number of carbonyl (C=O) groups is 1. The van der Waals surface area contributed by atoms with E-state index >= 15 is 0 Å². The maximum absolute atomic E-state index is 11.2. The Labute approximate surface area is 89.6 Å². The van der Waals surface area contributed by atoms with Crippen molar-refractivity contribution in [3.05, 3.63) is 0 Å². The monoisotopic (exact) mass is 235 g/mol. The molecule has 0 aromatic rings. The van der Waals surface area contributed by atoms with Gasteiger partial charge in [-0.15, -0.1) is 0 Å². The molecule has 0 aliphatic heterocycles. The van der Waals surface area contributed by atoms with Crippen LogP contribution in [0.4, 0.5) is 4.79 Å². The van der Waals surface area contributed by atoms with Gasteiger partial charge >= 0.3 is 6.03 Å². The van der Waals surface area contributed by atoms with Gasteiger partial charge in [0.05, 0.1) is 5.75 Å². The largest absolute Gasteiger partial charge is 0.337 e. The van der Waals surface area contributed by atoms with E-state index in [2.05, 4.69) is 10.6 Å². The maximum atomic E-state index is 11.2. The Morgan fingerprint density at radius 1 is 1.33 bits per heavy atom. The molecule has 0 unspecified atom stereocenters. The van der Waals surface area contributed by atoms with Crippen LogP contribution >= 0.6 is 0 Å². The topological polar surface area (TPSA) is 101 Å². The highest BCUT2D eigenvalue weighted by atomic mass is 32.2. The van der Waals surface area contributed by atoms with Crippen molar-refractivity contribution in [3.63, 3.8) is 0 Å². The number of hydrogen-bond donors (Lipinski definition) is 3. The van der Waals surface area contributed by atoms with E-state index in [1.54, 1.807) is 0 Å². The SMILES string of the molecule is NS(=O)(=O)CCNC(=O)NC1CCCC1. The molecule has 6 nitrogen and oxygen atoms in total. The Hall–Kier alpha value is -0.820. The van der Waals surface area contributed by atoms with Gasteiger partial charge in [-0.2, -0.15) is 0 Å². The fraction of sp³-hybridized carbons (Fsp3) is 0.875. The van der Waals surface area contributed by atoms with Crippen LogP contribution in [0.2, 0.25) is 0 Å². The first-order valence-corrected chi connectivity index (χ1v) is 6.74. The van der Waals surface area contributed by atoms with Crippen LogP contribution in [-0.4, -0.2) is 32.8 Å². The molecule has 1 fully saturated rings. The van der Waals surface area contributed by atoms with Crippen molar-refractivity contribution in [2.45, 2.75) is 31.7 Å². The van der Waals surface area contributed by atoms with Crippen LogP contribution in [0.3, 0.4) is 0 Å². The molecule has 1 aliphatic carbocycles. The summed E-state index contributed by atoms with van der Waals surface area (Å²) in [6.45, 7) is 0.0530. The summed E-state index contributed by atoms with van der Waals surface area (Å²) in [6, 6.07) is -0.0787. The number of nitrogens with two attached hydrogens (primary N) is 1. The van der Waals surface area contributed by atoms with Gasteiger partial charge in [0.15, 0.2) is 0 Å². The van der Waals surface area contributed by atoms with Gasteiger partial charge in [0.25, 0.3) is 0 Å². The van der Waals surface area contributed by atoms with Gasteiger partial charge in [-0.25, -0.2) is 18.4 Å². The smallest absolute Gasteiger partial charge is 0.315 e. The Balaban J connectivity index is 2.13. The Morgan fingerprint density at radius 3 is 2.47 bits per heavy atom. The second kappa shape index (κ2) is 5.32. The highest BCUT2D eigenvalue weighted by Crippen LogP contribution is 2.17. The summed E-state index contributed by atoms with van der Waals surface area (Å²) in [4.78, 5) is 11.2. The zero-order chi connectivity index (χ0) is 11.3. The first-order chi connectivity index (χ1) is 6.97. The fourth-order valence-corrected chi connectivity index (χ4v) is 2.00. The highest BCUT2D eigenvalue weighted by Gasteiger charge is 2.16. The summed E-state index contributed by atoms with van der Waals surface area (Å²) >= 11 is 0. The molecule has 4 N–H and O–H groups in total. The van der Waals surface area contributed by atoms with E-state index in [1.807, 2.05) is 0 Å². The lowest BCUT2D eigenvalue weighted by molar-refractivity contribution is 0.237. The molecule has 0 radical (unpaired) electrons. The number of rotatable bonds is 4. The maximum Gasteiger partial charge on any atom is 0.315 e. The minimum absolute atomic E-state index is 0.0530. The van der Waals surface area contributed by atoms with Crippen molar-refractivity contribution < 1.29 is 13.2 Å². The van der Waals surface area contributed by atoms with Gasteiger partial charge in [0.1, 0.15) is 0 Å². The van der Waals surface area contributed by atoms with Crippen LogP contribution in [-0.2, 0) is 10.0 Å². The van der Waals surface area contributed by atoms with Gasteiger partial charge in [-0.05, 0) is 12.8 Å². The molecule has 0 aromatic heterocycles. The van der Waals surface area contributed by atoms with Crippen molar-refractivity contribution in [2.75, 3.05) is 12.3 Å². The predicted octanol–water partition coefficient (Wildman–Crippen LogP) is -0.483. The number of sulfonamides is 1. The molecule has 0 aromatic carbocycles. The molecule has 1 rings (SSSR count). The van der Waals surface area contributed by atoms with Gasteiger partial charge in [0, 0.05) is 12.6 Å². The third-order valence-electron chi connectivity index (χ3n) is 2.36. The minimum atomic E-state index is -3.49. The van der Waals surface area contributed by atoms with E-state index < -0.39 is 10.0 Å². The molecule has 1 saturated carbocycles. The predicted molar refractivity (Wildman–Crippen MR) is 56.8 cm³/mol. The summed E-state index contributed by atoms with van der Waals surface area (Å²) in [5.41, 5.74) is 0. The van der Waals surface area contributed by atoms with Crippen LogP contribution < -0.4 is 15.8 Å². The molecular formula is C8H17N3O3S. The molecule has 0 atom stereocenters. The number of primary sulfonamides is 1. The zero-order valence-corrected chi connectivity index (χ0v) is 9.35. The van der Waals surface area contributed by atoms with Crippen molar-refractivity contribution in [1.82, 2.24) is 10.6 Å². The van der Waals surface area contributed by atoms with Crippen molar-refractivity contribution in [3.8, 4) is 0 Å².